The normalized spacial score (nSPS) is 13.9. The van der Waals surface area contributed by atoms with Gasteiger partial charge in [-0.1, -0.05) is 62.7 Å². The molecule has 2 amide bonds. The predicted octanol–water partition coefficient (Wildman–Crippen LogP) is 4.11. The van der Waals surface area contributed by atoms with Crippen LogP contribution >= 0.6 is 0 Å². The van der Waals surface area contributed by atoms with Gasteiger partial charge in [-0.15, -0.1) is 0 Å². The average molecular weight is 569 g/mol. The number of hydrogen-bond donors (Lipinski definition) is 3. The third-order valence-electron chi connectivity index (χ3n) is 6.86. The molecule has 222 valence electrons. The SMILES string of the molecule is Cc1ccc(F)c(-c2cn(Cc3ccccc3)c([C@H](N(CC[C@H](N)CF)C(=O)CNC(=O)[C@H](C)N)C(C)(C)C)n2)c1. The largest absolute Gasteiger partial charge is 0.346 e. The first-order valence-corrected chi connectivity index (χ1v) is 13.8. The minimum Gasteiger partial charge on any atom is -0.346 e. The number of hydrogen-bond acceptors (Lipinski definition) is 5. The number of aryl methyl sites for hydroxylation is 1. The van der Waals surface area contributed by atoms with E-state index in [2.05, 4.69) is 5.32 Å². The number of carbonyl (C=O) groups is 2. The van der Waals surface area contributed by atoms with Crippen molar-refractivity contribution >= 4 is 11.8 Å². The number of rotatable bonds is 12. The average Bonchev–Trinajstić information content (AvgIpc) is 3.32. The highest BCUT2D eigenvalue weighted by molar-refractivity contribution is 5.87. The Balaban J connectivity index is 2.16. The number of nitrogens with zero attached hydrogens (tertiary/aromatic N) is 3. The Bertz CT molecular complexity index is 1320. The molecular formula is C31H42F2N6O2. The summed E-state index contributed by atoms with van der Waals surface area (Å²) in [5.74, 6) is -0.714. The molecule has 8 nitrogen and oxygen atoms in total. The van der Waals surface area contributed by atoms with Crippen LogP contribution in [-0.4, -0.2) is 58.1 Å². The summed E-state index contributed by atoms with van der Waals surface area (Å²) >= 11 is 0. The van der Waals surface area contributed by atoms with Crippen LogP contribution in [0.15, 0.2) is 54.7 Å². The molecule has 0 fully saturated rings. The van der Waals surface area contributed by atoms with Gasteiger partial charge in [0.05, 0.1) is 24.3 Å². The smallest absolute Gasteiger partial charge is 0.242 e. The maximum Gasteiger partial charge on any atom is 0.242 e. The van der Waals surface area contributed by atoms with Gasteiger partial charge in [-0.25, -0.2) is 13.8 Å². The molecule has 0 spiro atoms. The lowest BCUT2D eigenvalue weighted by atomic mass is 9.84. The van der Waals surface area contributed by atoms with Crippen molar-refractivity contribution < 1.29 is 18.4 Å². The quantitative estimate of drug-likeness (QED) is 0.304. The zero-order valence-corrected chi connectivity index (χ0v) is 24.5. The summed E-state index contributed by atoms with van der Waals surface area (Å²) in [4.78, 5) is 32.4. The number of benzene rings is 2. The van der Waals surface area contributed by atoms with Crippen molar-refractivity contribution in [3.05, 3.63) is 77.5 Å². The van der Waals surface area contributed by atoms with E-state index in [1.807, 2.05) is 62.6 Å². The summed E-state index contributed by atoms with van der Waals surface area (Å²) in [7, 11) is 0. The van der Waals surface area contributed by atoms with E-state index in [0.29, 0.717) is 23.6 Å². The minimum atomic E-state index is -0.786. The Morgan fingerprint density at radius 2 is 1.80 bits per heavy atom. The fourth-order valence-electron chi connectivity index (χ4n) is 4.72. The highest BCUT2D eigenvalue weighted by atomic mass is 19.1. The van der Waals surface area contributed by atoms with Crippen LogP contribution in [0.3, 0.4) is 0 Å². The van der Waals surface area contributed by atoms with Crippen LogP contribution in [0.2, 0.25) is 0 Å². The summed E-state index contributed by atoms with van der Waals surface area (Å²) in [6, 6.07) is 12.4. The van der Waals surface area contributed by atoms with Gasteiger partial charge in [0, 0.05) is 30.9 Å². The lowest BCUT2D eigenvalue weighted by molar-refractivity contribution is -0.137. The molecule has 2 aromatic carbocycles. The first-order valence-electron chi connectivity index (χ1n) is 13.8. The molecular weight excluding hydrogens is 526 g/mol. The van der Waals surface area contributed by atoms with Crippen LogP contribution in [0.1, 0.15) is 57.1 Å². The molecule has 0 saturated heterocycles. The molecule has 0 aliphatic carbocycles. The maximum absolute atomic E-state index is 15.0. The van der Waals surface area contributed by atoms with Gasteiger partial charge in [-0.2, -0.15) is 0 Å². The lowest BCUT2D eigenvalue weighted by Gasteiger charge is -2.40. The molecule has 0 bridgehead atoms. The maximum atomic E-state index is 15.0. The number of halogens is 2. The molecule has 41 heavy (non-hydrogen) atoms. The number of amides is 2. The van der Waals surface area contributed by atoms with Crippen LogP contribution in [0, 0.1) is 18.2 Å². The fourth-order valence-corrected chi connectivity index (χ4v) is 4.72. The topological polar surface area (TPSA) is 119 Å². The van der Waals surface area contributed by atoms with Crippen LogP contribution in [0.5, 0.6) is 0 Å². The predicted molar refractivity (Wildman–Crippen MR) is 157 cm³/mol. The molecule has 3 aromatic rings. The number of aromatic nitrogens is 2. The summed E-state index contributed by atoms with van der Waals surface area (Å²) in [6.07, 6.45) is 2.00. The van der Waals surface area contributed by atoms with Crippen LogP contribution in [0.25, 0.3) is 11.3 Å². The first-order chi connectivity index (χ1) is 19.3. The molecule has 3 rings (SSSR count). The van der Waals surface area contributed by atoms with Gasteiger partial charge < -0.3 is 26.3 Å². The number of nitrogens with one attached hydrogen (secondary N) is 1. The van der Waals surface area contributed by atoms with E-state index >= 15 is 4.39 Å². The van der Waals surface area contributed by atoms with E-state index in [4.69, 9.17) is 16.5 Å². The Hall–Kier alpha value is -3.63. The number of alkyl halides is 1. The second-order valence-corrected chi connectivity index (χ2v) is 11.6. The molecule has 0 saturated carbocycles. The minimum absolute atomic E-state index is 0.131. The van der Waals surface area contributed by atoms with Gasteiger partial charge in [0.1, 0.15) is 18.3 Å². The van der Waals surface area contributed by atoms with E-state index in [1.54, 1.807) is 23.2 Å². The third kappa shape index (κ3) is 8.43. The van der Waals surface area contributed by atoms with Gasteiger partial charge in [0.2, 0.25) is 11.8 Å². The lowest BCUT2D eigenvalue weighted by Crippen LogP contribution is -2.49. The summed E-state index contributed by atoms with van der Waals surface area (Å²) in [5, 5.41) is 2.58. The van der Waals surface area contributed by atoms with Crippen molar-refractivity contribution in [3.63, 3.8) is 0 Å². The number of carbonyl (C=O) groups excluding carboxylic acids is 2. The van der Waals surface area contributed by atoms with Gasteiger partial charge >= 0.3 is 0 Å². The van der Waals surface area contributed by atoms with Gasteiger partial charge in [-0.05, 0) is 43.4 Å². The van der Waals surface area contributed by atoms with E-state index in [-0.39, 0.29) is 25.4 Å². The Morgan fingerprint density at radius 3 is 2.41 bits per heavy atom. The second-order valence-electron chi connectivity index (χ2n) is 11.6. The Labute approximate surface area is 241 Å². The molecule has 1 heterocycles. The Morgan fingerprint density at radius 1 is 1.12 bits per heavy atom. The van der Waals surface area contributed by atoms with Crippen molar-refractivity contribution in [1.82, 2.24) is 19.8 Å². The van der Waals surface area contributed by atoms with Gasteiger partial charge in [0.25, 0.3) is 0 Å². The zero-order valence-electron chi connectivity index (χ0n) is 24.5. The molecule has 5 N–H and O–H groups in total. The fraction of sp³-hybridized carbons (Fsp3) is 0.452. The molecule has 1 aromatic heterocycles. The summed E-state index contributed by atoms with van der Waals surface area (Å²) in [6.45, 7) is 8.87. The molecule has 0 aliphatic rings. The monoisotopic (exact) mass is 568 g/mol. The van der Waals surface area contributed by atoms with Crippen molar-refractivity contribution in [2.75, 3.05) is 19.8 Å². The van der Waals surface area contributed by atoms with Crippen molar-refractivity contribution in [2.45, 2.75) is 65.7 Å². The zero-order chi connectivity index (χ0) is 30.3. The molecule has 0 aliphatic heterocycles. The van der Waals surface area contributed by atoms with Crippen molar-refractivity contribution in [3.8, 4) is 11.3 Å². The second kappa shape index (κ2) is 13.8. The van der Waals surface area contributed by atoms with Crippen molar-refractivity contribution in [1.29, 1.82) is 0 Å². The van der Waals surface area contributed by atoms with E-state index < -0.39 is 41.9 Å². The number of imidazole rings is 1. The molecule has 10 heteroatoms. The van der Waals surface area contributed by atoms with Crippen molar-refractivity contribution in [2.24, 2.45) is 16.9 Å². The summed E-state index contributed by atoms with van der Waals surface area (Å²) in [5.41, 5.74) is 13.7. The van der Waals surface area contributed by atoms with E-state index in [0.717, 1.165) is 11.1 Å². The van der Waals surface area contributed by atoms with Crippen LogP contribution in [-0.2, 0) is 16.1 Å². The van der Waals surface area contributed by atoms with Crippen LogP contribution < -0.4 is 16.8 Å². The highest BCUT2D eigenvalue weighted by Gasteiger charge is 2.38. The number of nitrogens with two attached hydrogens (primary N) is 2. The summed E-state index contributed by atoms with van der Waals surface area (Å²) < 4.78 is 30.3. The van der Waals surface area contributed by atoms with Crippen LogP contribution in [0.4, 0.5) is 8.78 Å². The van der Waals surface area contributed by atoms with E-state index in [9.17, 15) is 14.0 Å². The Kier molecular flexibility index (Phi) is 10.8. The molecule has 3 atom stereocenters. The first kappa shape index (κ1) is 31.9. The molecule has 0 unspecified atom stereocenters. The highest BCUT2D eigenvalue weighted by Crippen LogP contribution is 2.39. The standard InChI is InChI=1S/C31H42F2N6O2/c1-20-11-12-25(33)24(15-20)26-19-38(18-22-9-7-6-8-10-22)29(37-26)28(31(3,4)5)39(14-13-23(35)16-32)27(40)17-36-30(41)21(2)34/h6-12,15,19,21,23,28H,13-14,16-18,34-35H2,1-5H3,(H,36,41)/t21-,23-,28-/m0/s1. The third-order valence-corrected chi connectivity index (χ3v) is 6.86. The van der Waals surface area contributed by atoms with E-state index in [1.165, 1.54) is 13.0 Å². The van der Waals surface area contributed by atoms with Gasteiger partial charge in [0.15, 0.2) is 0 Å². The van der Waals surface area contributed by atoms with Gasteiger partial charge in [-0.3, -0.25) is 9.59 Å². The molecule has 0 radical (unpaired) electrons.